The smallest absolute Gasteiger partial charge is 0.335 e. The first-order valence-electron chi connectivity index (χ1n) is 9.19. The molecule has 3 aromatic rings. The van der Waals surface area contributed by atoms with E-state index in [1.54, 1.807) is 30.3 Å². The molecule has 1 fully saturated rings. The molecule has 0 atom stereocenters. The number of amides is 1. The van der Waals surface area contributed by atoms with Crippen LogP contribution in [0.15, 0.2) is 68.9 Å². The number of aryl methyl sites for hydroxylation is 2. The van der Waals surface area contributed by atoms with E-state index in [1.807, 2.05) is 32.0 Å². The van der Waals surface area contributed by atoms with E-state index in [2.05, 4.69) is 10.3 Å². The van der Waals surface area contributed by atoms with Gasteiger partial charge in [0.15, 0.2) is 5.17 Å². The van der Waals surface area contributed by atoms with Crippen LogP contribution in [0.5, 0.6) is 0 Å². The van der Waals surface area contributed by atoms with Crippen molar-refractivity contribution in [2.45, 2.75) is 13.8 Å². The highest BCUT2D eigenvalue weighted by Crippen LogP contribution is 2.30. The molecule has 2 N–H and O–H groups in total. The van der Waals surface area contributed by atoms with Gasteiger partial charge in [-0.05, 0) is 73.1 Å². The summed E-state index contributed by atoms with van der Waals surface area (Å²) >= 11 is 1.25. The van der Waals surface area contributed by atoms with Crippen LogP contribution in [-0.2, 0) is 4.79 Å². The molecule has 0 saturated carbocycles. The van der Waals surface area contributed by atoms with Crippen molar-refractivity contribution in [2.24, 2.45) is 4.99 Å². The summed E-state index contributed by atoms with van der Waals surface area (Å²) < 4.78 is 5.81. The molecule has 0 aliphatic carbocycles. The lowest BCUT2D eigenvalue weighted by Gasteiger charge is -2.01. The van der Waals surface area contributed by atoms with Gasteiger partial charge in [-0.2, -0.15) is 0 Å². The molecule has 1 saturated heterocycles. The normalized spacial score (nSPS) is 16.3. The van der Waals surface area contributed by atoms with Gasteiger partial charge in [0.1, 0.15) is 11.5 Å². The molecule has 0 bridgehead atoms. The zero-order chi connectivity index (χ0) is 21.3. The number of thioether (sulfide) groups is 1. The molecular weight excluding hydrogens is 400 g/mol. The van der Waals surface area contributed by atoms with Gasteiger partial charge in [0.05, 0.1) is 16.2 Å². The number of carbonyl (C=O) groups excluding carboxylic acids is 1. The summed E-state index contributed by atoms with van der Waals surface area (Å²) in [5.74, 6) is -0.0936. The van der Waals surface area contributed by atoms with E-state index >= 15 is 0 Å². The van der Waals surface area contributed by atoms with Crippen molar-refractivity contribution in [1.29, 1.82) is 0 Å². The minimum absolute atomic E-state index is 0.210. The number of carboxylic acid groups (broad SMARTS) is 1. The predicted octanol–water partition coefficient (Wildman–Crippen LogP) is 5.15. The molecule has 0 spiro atoms. The lowest BCUT2D eigenvalue weighted by molar-refractivity contribution is -0.115. The summed E-state index contributed by atoms with van der Waals surface area (Å²) in [5.41, 5.74) is 4.08. The Morgan fingerprint density at radius 2 is 1.83 bits per heavy atom. The first-order valence-corrected chi connectivity index (χ1v) is 10.0. The fraction of sp³-hybridized carbons (Fsp3) is 0.0870. The maximum atomic E-state index is 12.3. The minimum Gasteiger partial charge on any atom is -0.478 e. The maximum Gasteiger partial charge on any atom is 0.335 e. The largest absolute Gasteiger partial charge is 0.478 e. The molecule has 150 valence electrons. The molecule has 1 aliphatic heterocycles. The Bertz CT molecular complexity index is 1210. The third-order valence-electron chi connectivity index (χ3n) is 4.69. The van der Waals surface area contributed by atoms with Crippen LogP contribution in [0.2, 0.25) is 0 Å². The lowest BCUT2D eigenvalue weighted by Crippen LogP contribution is -2.19. The van der Waals surface area contributed by atoms with E-state index in [0.29, 0.717) is 21.6 Å². The van der Waals surface area contributed by atoms with E-state index in [4.69, 9.17) is 9.52 Å². The Morgan fingerprint density at radius 3 is 2.53 bits per heavy atom. The van der Waals surface area contributed by atoms with E-state index in [1.165, 1.54) is 29.5 Å². The number of amidine groups is 1. The fourth-order valence-corrected chi connectivity index (χ4v) is 3.71. The Labute approximate surface area is 177 Å². The van der Waals surface area contributed by atoms with Crippen LogP contribution in [-0.4, -0.2) is 22.2 Å². The molecule has 7 heteroatoms. The first-order chi connectivity index (χ1) is 14.4. The number of carbonyl (C=O) groups is 2. The monoisotopic (exact) mass is 418 g/mol. The number of hydrogen-bond acceptors (Lipinski definition) is 5. The Hall–Kier alpha value is -3.58. The molecule has 30 heavy (non-hydrogen) atoms. The van der Waals surface area contributed by atoms with Gasteiger partial charge < -0.3 is 14.8 Å². The number of carboxylic acids is 1. The van der Waals surface area contributed by atoms with Crippen LogP contribution >= 0.6 is 11.8 Å². The highest BCUT2D eigenvalue weighted by molar-refractivity contribution is 8.18. The van der Waals surface area contributed by atoms with E-state index < -0.39 is 5.97 Å². The third-order valence-corrected chi connectivity index (χ3v) is 5.60. The van der Waals surface area contributed by atoms with E-state index in [0.717, 1.165) is 16.8 Å². The summed E-state index contributed by atoms with van der Waals surface area (Å²) in [5, 5.41) is 12.3. The molecule has 1 aliphatic rings. The predicted molar refractivity (Wildman–Crippen MR) is 118 cm³/mol. The van der Waals surface area contributed by atoms with Gasteiger partial charge in [0, 0.05) is 11.6 Å². The van der Waals surface area contributed by atoms with Crippen LogP contribution in [0.1, 0.15) is 27.2 Å². The molecule has 2 heterocycles. The van der Waals surface area contributed by atoms with Crippen LogP contribution in [0.3, 0.4) is 0 Å². The molecule has 0 radical (unpaired) electrons. The van der Waals surface area contributed by atoms with Crippen molar-refractivity contribution in [2.75, 3.05) is 0 Å². The number of benzene rings is 2. The van der Waals surface area contributed by atoms with Crippen molar-refractivity contribution >= 4 is 40.6 Å². The molecule has 6 nitrogen and oxygen atoms in total. The number of nitrogens with zero attached hydrogens (tertiary/aromatic N) is 1. The fourth-order valence-electron chi connectivity index (χ4n) is 2.88. The highest BCUT2D eigenvalue weighted by atomic mass is 32.2. The number of aromatic carboxylic acids is 1. The summed E-state index contributed by atoms with van der Waals surface area (Å²) in [7, 11) is 0. The quantitative estimate of drug-likeness (QED) is 0.572. The van der Waals surface area contributed by atoms with E-state index in [9.17, 15) is 9.59 Å². The molecule has 1 aromatic heterocycles. The molecule has 0 unspecified atom stereocenters. The third kappa shape index (κ3) is 4.21. The zero-order valence-electron chi connectivity index (χ0n) is 16.3. The topological polar surface area (TPSA) is 91.9 Å². The second kappa shape index (κ2) is 8.04. The summed E-state index contributed by atoms with van der Waals surface area (Å²) in [4.78, 5) is 28.3. The molecule has 4 rings (SSSR count). The van der Waals surface area contributed by atoms with Crippen molar-refractivity contribution in [3.8, 4) is 11.3 Å². The number of furan rings is 1. The van der Waals surface area contributed by atoms with Crippen molar-refractivity contribution in [3.63, 3.8) is 0 Å². The van der Waals surface area contributed by atoms with Crippen LogP contribution < -0.4 is 5.32 Å². The van der Waals surface area contributed by atoms with Gasteiger partial charge in [-0.1, -0.05) is 18.2 Å². The highest BCUT2D eigenvalue weighted by Gasteiger charge is 2.24. The Balaban J connectivity index is 1.52. The maximum absolute atomic E-state index is 12.3. The van der Waals surface area contributed by atoms with Crippen LogP contribution in [0.4, 0.5) is 5.69 Å². The summed E-state index contributed by atoms with van der Waals surface area (Å²) in [6.07, 6.45) is 1.66. The standard InChI is InChI=1S/C23H18N2O4S/c1-13-3-8-17(11-14(13)2)24-23-25-21(26)20(30-23)12-18-9-10-19(29-18)15-4-6-16(7-5-15)22(27)28/h3-12H,1-2H3,(H,27,28)(H,24,25,26)/b20-12+. The second-order valence-corrected chi connectivity index (χ2v) is 7.87. The number of hydrogen-bond donors (Lipinski definition) is 2. The average Bonchev–Trinajstić information content (AvgIpc) is 3.32. The summed E-state index contributed by atoms with van der Waals surface area (Å²) in [6.45, 7) is 4.06. The van der Waals surface area contributed by atoms with Crippen molar-refractivity contribution in [3.05, 3.63) is 82.0 Å². The molecular formula is C23H18N2O4S. The summed E-state index contributed by atoms with van der Waals surface area (Å²) in [6, 6.07) is 15.9. The SMILES string of the molecule is Cc1ccc(N=C2NC(=O)/C(=C\c3ccc(-c4ccc(C(=O)O)cc4)o3)S2)cc1C. The van der Waals surface area contributed by atoms with E-state index in [-0.39, 0.29) is 11.5 Å². The number of rotatable bonds is 4. The molecule has 1 amide bonds. The first kappa shape index (κ1) is 19.7. The van der Waals surface area contributed by atoms with Gasteiger partial charge in [0.2, 0.25) is 0 Å². The van der Waals surface area contributed by atoms with Gasteiger partial charge in [0.25, 0.3) is 5.91 Å². The number of aliphatic imine (C=N–C) groups is 1. The van der Waals surface area contributed by atoms with Gasteiger partial charge >= 0.3 is 5.97 Å². The average molecular weight is 418 g/mol. The molecule has 2 aromatic carbocycles. The van der Waals surface area contributed by atoms with Gasteiger partial charge in [-0.3, -0.25) is 4.79 Å². The Morgan fingerprint density at radius 1 is 1.07 bits per heavy atom. The zero-order valence-corrected chi connectivity index (χ0v) is 17.1. The van der Waals surface area contributed by atoms with Crippen molar-refractivity contribution < 1.29 is 19.1 Å². The van der Waals surface area contributed by atoms with Gasteiger partial charge in [-0.25, -0.2) is 9.79 Å². The minimum atomic E-state index is -0.978. The van der Waals surface area contributed by atoms with Crippen molar-refractivity contribution in [1.82, 2.24) is 5.32 Å². The second-order valence-electron chi connectivity index (χ2n) is 6.83. The number of nitrogens with one attached hydrogen (secondary N) is 1. The Kier molecular flexibility index (Phi) is 5.29. The van der Waals surface area contributed by atoms with Crippen LogP contribution in [0.25, 0.3) is 17.4 Å². The van der Waals surface area contributed by atoms with Crippen LogP contribution in [0, 0.1) is 13.8 Å². The van der Waals surface area contributed by atoms with Gasteiger partial charge in [-0.15, -0.1) is 0 Å². The lowest BCUT2D eigenvalue weighted by atomic mass is 10.1.